The van der Waals surface area contributed by atoms with Crippen molar-refractivity contribution in [3.05, 3.63) is 29.3 Å². The van der Waals surface area contributed by atoms with Crippen molar-refractivity contribution in [2.24, 2.45) is 23.2 Å². The number of fused-ring (bicyclic) bond motifs is 5. The van der Waals surface area contributed by atoms with Crippen molar-refractivity contribution in [2.75, 3.05) is 0 Å². The largest absolute Gasteiger partial charge is 0.508 e. The maximum atomic E-state index is 10.5. The van der Waals surface area contributed by atoms with Gasteiger partial charge < -0.3 is 10.2 Å². The number of aliphatic hydroxyl groups excluding tert-OH is 1. The molecule has 2 fully saturated rings. The van der Waals surface area contributed by atoms with Crippen LogP contribution in [0.3, 0.4) is 0 Å². The molecule has 114 valence electrons. The predicted octanol–water partition coefficient (Wildman–Crippen LogP) is 3.86. The van der Waals surface area contributed by atoms with Crippen molar-refractivity contribution in [3.63, 3.8) is 0 Å². The normalized spacial score (nSPS) is 44.8. The van der Waals surface area contributed by atoms with Gasteiger partial charge in [0.05, 0.1) is 6.10 Å². The van der Waals surface area contributed by atoms with Crippen molar-refractivity contribution in [2.45, 2.75) is 58.0 Å². The first-order valence-corrected chi connectivity index (χ1v) is 8.50. The van der Waals surface area contributed by atoms with Crippen LogP contribution in [0.4, 0.5) is 0 Å². The maximum absolute atomic E-state index is 10.5. The molecule has 2 saturated carbocycles. The Morgan fingerprint density at radius 3 is 2.81 bits per heavy atom. The van der Waals surface area contributed by atoms with Gasteiger partial charge in [-0.25, -0.2) is 0 Å². The number of aliphatic hydroxyl groups is 1. The lowest BCUT2D eigenvalue weighted by Gasteiger charge is -2.53. The molecule has 6 atom stereocenters. The highest BCUT2D eigenvalue weighted by Crippen LogP contribution is 2.62. The minimum atomic E-state index is -0.105. The highest BCUT2D eigenvalue weighted by atomic mass is 16.3. The van der Waals surface area contributed by atoms with Crippen LogP contribution in [-0.2, 0) is 6.42 Å². The summed E-state index contributed by atoms with van der Waals surface area (Å²) in [7, 11) is 0. The van der Waals surface area contributed by atoms with Crippen LogP contribution in [-0.4, -0.2) is 16.3 Å². The average molecular weight is 286 g/mol. The molecule has 0 amide bonds. The molecule has 0 aromatic heterocycles. The summed E-state index contributed by atoms with van der Waals surface area (Å²) < 4.78 is 0. The molecule has 21 heavy (non-hydrogen) atoms. The first-order valence-electron chi connectivity index (χ1n) is 8.50. The Balaban J connectivity index is 1.76. The Bertz CT molecular complexity index is 567. The minimum absolute atomic E-state index is 0.105. The molecule has 2 nitrogen and oxygen atoms in total. The number of phenols is 1. The monoisotopic (exact) mass is 286 g/mol. The maximum Gasteiger partial charge on any atom is 0.115 e. The molecule has 1 aromatic rings. The number of hydrogen-bond donors (Lipinski definition) is 2. The number of aromatic hydroxyl groups is 1. The fourth-order valence-electron chi connectivity index (χ4n) is 6.10. The van der Waals surface area contributed by atoms with E-state index in [0.717, 1.165) is 19.3 Å². The third kappa shape index (κ3) is 1.81. The Hall–Kier alpha value is -1.02. The summed E-state index contributed by atoms with van der Waals surface area (Å²) in [5.74, 6) is 3.03. The summed E-state index contributed by atoms with van der Waals surface area (Å²) in [6.45, 7) is 4.69. The van der Waals surface area contributed by atoms with Gasteiger partial charge in [-0.1, -0.05) is 19.9 Å². The molecular weight excluding hydrogens is 260 g/mol. The quantitative estimate of drug-likeness (QED) is 0.760. The standard InChI is InChI=1S/C19H26O2/c1-11-10-19(2)16(7-8-17(19)21)15-5-3-12-9-13(20)4-6-14(12)18(11)15/h4,6,9,11,15-18,20-21H,3,5,7-8,10H2,1-2H3/t11-,15-,16-,17-,18+,19+/m1/s1. The molecule has 0 aliphatic heterocycles. The summed E-state index contributed by atoms with van der Waals surface area (Å²) in [5.41, 5.74) is 2.96. The SMILES string of the molecule is C[C@@H]1C[C@]2(C)[C@H](O)CC[C@@H]2[C@H]2CCc3cc(O)ccc3[C@@H]21. The van der Waals surface area contributed by atoms with Crippen molar-refractivity contribution in [1.29, 1.82) is 0 Å². The topological polar surface area (TPSA) is 40.5 Å². The molecule has 2 N–H and O–H groups in total. The summed E-state index contributed by atoms with van der Waals surface area (Å²) >= 11 is 0. The summed E-state index contributed by atoms with van der Waals surface area (Å²) in [6.07, 6.45) is 5.52. The van der Waals surface area contributed by atoms with E-state index in [0.29, 0.717) is 29.4 Å². The second-order valence-electron chi connectivity index (χ2n) is 8.00. The van der Waals surface area contributed by atoms with Crippen molar-refractivity contribution < 1.29 is 10.2 Å². The number of benzene rings is 1. The summed E-state index contributed by atoms with van der Waals surface area (Å²) in [5, 5.41) is 20.2. The van der Waals surface area contributed by atoms with Crippen LogP contribution < -0.4 is 0 Å². The fraction of sp³-hybridized carbons (Fsp3) is 0.684. The van der Waals surface area contributed by atoms with Gasteiger partial charge in [-0.3, -0.25) is 0 Å². The van der Waals surface area contributed by atoms with Gasteiger partial charge in [-0.2, -0.15) is 0 Å². The second kappa shape index (κ2) is 4.49. The zero-order valence-electron chi connectivity index (χ0n) is 13.0. The number of hydrogen-bond acceptors (Lipinski definition) is 2. The van der Waals surface area contributed by atoms with Crippen LogP contribution in [0.2, 0.25) is 0 Å². The van der Waals surface area contributed by atoms with Crippen LogP contribution in [0.5, 0.6) is 5.75 Å². The van der Waals surface area contributed by atoms with Gasteiger partial charge in [0.25, 0.3) is 0 Å². The Morgan fingerprint density at radius 1 is 1.19 bits per heavy atom. The van der Waals surface area contributed by atoms with Gasteiger partial charge in [-0.15, -0.1) is 0 Å². The first kappa shape index (κ1) is 13.6. The molecule has 3 aliphatic carbocycles. The Morgan fingerprint density at radius 2 is 2.00 bits per heavy atom. The molecular formula is C19H26O2. The molecule has 0 heterocycles. The van der Waals surface area contributed by atoms with Crippen LogP contribution in [0.1, 0.15) is 56.6 Å². The average Bonchev–Trinajstić information content (AvgIpc) is 2.74. The number of rotatable bonds is 0. The van der Waals surface area contributed by atoms with Gasteiger partial charge in [-0.05, 0) is 84.5 Å². The molecule has 3 aliphatic rings. The molecule has 0 bridgehead atoms. The van der Waals surface area contributed by atoms with Gasteiger partial charge in [0, 0.05) is 0 Å². The number of phenolic OH excluding ortho intramolecular Hbond substituents is 1. The highest BCUT2D eigenvalue weighted by Gasteiger charge is 2.56. The van der Waals surface area contributed by atoms with E-state index in [1.54, 1.807) is 0 Å². The second-order valence-corrected chi connectivity index (χ2v) is 8.00. The van der Waals surface area contributed by atoms with Crippen LogP contribution >= 0.6 is 0 Å². The van der Waals surface area contributed by atoms with Crippen molar-refractivity contribution in [1.82, 2.24) is 0 Å². The van der Waals surface area contributed by atoms with Crippen LogP contribution in [0.15, 0.2) is 18.2 Å². The van der Waals surface area contributed by atoms with Gasteiger partial charge in [0.15, 0.2) is 0 Å². The third-order valence-electron chi connectivity index (χ3n) is 6.95. The van der Waals surface area contributed by atoms with Crippen LogP contribution in [0.25, 0.3) is 0 Å². The molecule has 2 heteroatoms. The molecule has 1 aromatic carbocycles. The van der Waals surface area contributed by atoms with E-state index in [1.165, 1.54) is 24.0 Å². The highest BCUT2D eigenvalue weighted by molar-refractivity contribution is 5.40. The first-order chi connectivity index (χ1) is 10.0. The van der Waals surface area contributed by atoms with E-state index < -0.39 is 0 Å². The lowest BCUT2D eigenvalue weighted by Crippen LogP contribution is -2.47. The molecule has 0 saturated heterocycles. The Labute approximate surface area is 127 Å². The molecule has 4 rings (SSSR count). The van der Waals surface area contributed by atoms with Crippen molar-refractivity contribution >= 4 is 0 Å². The fourth-order valence-corrected chi connectivity index (χ4v) is 6.10. The zero-order valence-corrected chi connectivity index (χ0v) is 13.0. The summed E-state index contributed by atoms with van der Waals surface area (Å²) in [6, 6.07) is 5.98. The van der Waals surface area contributed by atoms with Gasteiger partial charge >= 0.3 is 0 Å². The van der Waals surface area contributed by atoms with E-state index in [-0.39, 0.29) is 11.5 Å². The Kier molecular flexibility index (Phi) is 2.91. The number of aryl methyl sites for hydroxylation is 1. The van der Waals surface area contributed by atoms with Crippen LogP contribution in [0, 0.1) is 23.2 Å². The lowest BCUT2D eigenvalue weighted by molar-refractivity contribution is -0.0441. The lowest BCUT2D eigenvalue weighted by atomic mass is 9.52. The molecule has 0 unspecified atom stereocenters. The van der Waals surface area contributed by atoms with Crippen molar-refractivity contribution in [3.8, 4) is 5.75 Å². The van der Waals surface area contributed by atoms with E-state index >= 15 is 0 Å². The van der Waals surface area contributed by atoms with E-state index in [9.17, 15) is 10.2 Å². The third-order valence-corrected chi connectivity index (χ3v) is 6.95. The van der Waals surface area contributed by atoms with E-state index in [4.69, 9.17) is 0 Å². The smallest absolute Gasteiger partial charge is 0.115 e. The minimum Gasteiger partial charge on any atom is -0.508 e. The van der Waals surface area contributed by atoms with Gasteiger partial charge in [0.2, 0.25) is 0 Å². The van der Waals surface area contributed by atoms with E-state index in [1.807, 2.05) is 12.1 Å². The zero-order chi connectivity index (χ0) is 14.8. The van der Waals surface area contributed by atoms with Gasteiger partial charge in [0.1, 0.15) is 5.75 Å². The molecule has 0 radical (unpaired) electrons. The van der Waals surface area contributed by atoms with E-state index in [2.05, 4.69) is 19.9 Å². The predicted molar refractivity (Wildman–Crippen MR) is 83.3 cm³/mol. The summed E-state index contributed by atoms with van der Waals surface area (Å²) in [4.78, 5) is 0. The molecule has 0 spiro atoms.